The number of ether oxygens (including phenoxy) is 1. The fourth-order valence-electron chi connectivity index (χ4n) is 3.83. The van der Waals surface area contributed by atoms with Gasteiger partial charge in [0.05, 0.1) is 0 Å². The molecule has 1 N–H and O–H groups in total. The summed E-state index contributed by atoms with van der Waals surface area (Å²) in [6.45, 7) is 13.1. The second-order valence-electron chi connectivity index (χ2n) is 9.68. The highest BCUT2D eigenvalue weighted by molar-refractivity contribution is 5.86. The Labute approximate surface area is 208 Å². The van der Waals surface area contributed by atoms with E-state index in [0.29, 0.717) is 5.56 Å². The van der Waals surface area contributed by atoms with Crippen LogP contribution >= 0.6 is 0 Å². The summed E-state index contributed by atoms with van der Waals surface area (Å²) in [5.74, 6) is -8.36. The van der Waals surface area contributed by atoms with E-state index in [4.69, 9.17) is 4.74 Å². The molecule has 3 aromatic rings. The van der Waals surface area contributed by atoms with Gasteiger partial charge in [0.15, 0.2) is 17.4 Å². The van der Waals surface area contributed by atoms with E-state index in [1.54, 1.807) is 19.1 Å². The molecule has 0 spiro atoms. The zero-order chi connectivity index (χ0) is 26.8. The van der Waals surface area contributed by atoms with Gasteiger partial charge in [-0.05, 0) is 35.1 Å². The van der Waals surface area contributed by atoms with Crippen LogP contribution in [0.2, 0.25) is 0 Å². The van der Waals surface area contributed by atoms with Gasteiger partial charge in [-0.1, -0.05) is 70.7 Å². The number of benzene rings is 3. The van der Waals surface area contributed by atoms with Gasteiger partial charge in [-0.2, -0.15) is 8.78 Å². The quantitative estimate of drug-likeness (QED) is 0.155. The third-order valence-corrected chi connectivity index (χ3v) is 5.93. The summed E-state index contributed by atoms with van der Waals surface area (Å²) in [6.07, 6.45) is 2.16. The molecular formula is C29H29F4NO2. The van der Waals surface area contributed by atoms with Crippen LogP contribution in [-0.4, -0.2) is 17.9 Å². The number of aromatic hydroxyl groups is 1. The van der Waals surface area contributed by atoms with Gasteiger partial charge in [-0.15, -0.1) is 0 Å². The van der Waals surface area contributed by atoms with E-state index in [9.17, 15) is 22.7 Å². The van der Waals surface area contributed by atoms with Gasteiger partial charge in [-0.25, -0.2) is 13.8 Å². The van der Waals surface area contributed by atoms with Gasteiger partial charge in [0, 0.05) is 23.3 Å². The Kier molecular flexibility index (Phi) is 7.92. The molecule has 3 rings (SSSR count). The molecule has 0 fully saturated rings. The minimum Gasteiger partial charge on any atom is -0.507 e. The standard InChI is InChI=1S/C29H29F4NO2/c1-7-12-36-28-24(32)22(30)26(23(31)25(28)33)34-15-19-13-16(2)14-21(27(19)35)17(3)18-8-10-20(11-9-18)29(4,5)6/h7-11,13-15,17,35H,1,12H2,2-6H3. The maximum atomic E-state index is 14.5. The van der Waals surface area contributed by atoms with Crippen LogP contribution in [0.15, 0.2) is 54.0 Å². The molecule has 190 valence electrons. The number of hydrogen-bond donors (Lipinski definition) is 1. The smallest absolute Gasteiger partial charge is 0.206 e. The second-order valence-corrected chi connectivity index (χ2v) is 9.68. The van der Waals surface area contributed by atoms with Crippen molar-refractivity contribution in [2.45, 2.75) is 46.0 Å². The maximum absolute atomic E-state index is 14.5. The Morgan fingerprint density at radius 1 is 1.00 bits per heavy atom. The van der Waals surface area contributed by atoms with Gasteiger partial charge < -0.3 is 9.84 Å². The topological polar surface area (TPSA) is 41.8 Å². The van der Waals surface area contributed by atoms with Crippen molar-refractivity contribution in [3.05, 3.63) is 100 Å². The number of phenols is 1. The van der Waals surface area contributed by atoms with E-state index in [1.165, 1.54) is 11.6 Å². The van der Waals surface area contributed by atoms with Gasteiger partial charge in [0.1, 0.15) is 18.0 Å². The summed E-state index contributed by atoms with van der Waals surface area (Å²) < 4.78 is 62.3. The average molecular weight is 500 g/mol. The molecule has 3 aromatic carbocycles. The molecule has 0 saturated carbocycles. The third kappa shape index (κ3) is 5.45. The summed E-state index contributed by atoms with van der Waals surface area (Å²) >= 11 is 0. The zero-order valence-corrected chi connectivity index (χ0v) is 20.9. The first-order valence-corrected chi connectivity index (χ1v) is 11.4. The van der Waals surface area contributed by atoms with Crippen LogP contribution in [0.5, 0.6) is 11.5 Å². The van der Waals surface area contributed by atoms with Crippen molar-refractivity contribution in [2.24, 2.45) is 4.99 Å². The molecule has 36 heavy (non-hydrogen) atoms. The lowest BCUT2D eigenvalue weighted by molar-refractivity contribution is 0.303. The van der Waals surface area contributed by atoms with Gasteiger partial charge in [-0.3, -0.25) is 0 Å². The van der Waals surface area contributed by atoms with Crippen LogP contribution < -0.4 is 4.74 Å². The number of hydrogen-bond acceptors (Lipinski definition) is 3. The van der Waals surface area contributed by atoms with Gasteiger partial charge in [0.25, 0.3) is 0 Å². The molecule has 0 aliphatic rings. The molecule has 3 nitrogen and oxygen atoms in total. The van der Waals surface area contributed by atoms with Crippen molar-refractivity contribution in [3.8, 4) is 11.5 Å². The Bertz CT molecular complexity index is 1280. The van der Waals surface area contributed by atoms with Crippen molar-refractivity contribution >= 4 is 11.9 Å². The molecule has 0 aromatic heterocycles. The van der Waals surface area contributed by atoms with Crippen molar-refractivity contribution in [3.63, 3.8) is 0 Å². The predicted octanol–water partition coefficient (Wildman–Crippen LogP) is 8.02. The molecule has 1 atom stereocenters. The van der Waals surface area contributed by atoms with E-state index in [-0.39, 0.29) is 29.3 Å². The molecular weight excluding hydrogens is 470 g/mol. The largest absolute Gasteiger partial charge is 0.507 e. The van der Waals surface area contributed by atoms with Gasteiger partial charge >= 0.3 is 0 Å². The molecule has 0 aliphatic heterocycles. The number of rotatable bonds is 7. The van der Waals surface area contributed by atoms with Crippen molar-refractivity contribution in [1.82, 2.24) is 0 Å². The molecule has 0 amide bonds. The fourth-order valence-corrected chi connectivity index (χ4v) is 3.83. The van der Waals surface area contributed by atoms with Gasteiger partial charge in [0.2, 0.25) is 11.6 Å². The summed E-state index contributed by atoms with van der Waals surface area (Å²) in [7, 11) is 0. The molecule has 1 unspecified atom stereocenters. The summed E-state index contributed by atoms with van der Waals surface area (Å²) in [5, 5.41) is 10.9. The lowest BCUT2D eigenvalue weighted by atomic mass is 9.84. The van der Waals surface area contributed by atoms with Crippen LogP contribution in [0.4, 0.5) is 23.2 Å². The monoisotopic (exact) mass is 499 g/mol. The number of phenolic OH excluding ortho intramolecular Hbond substituents is 1. The van der Waals surface area contributed by atoms with E-state index in [1.807, 2.05) is 31.2 Å². The molecule has 0 heterocycles. The van der Waals surface area contributed by atoms with E-state index in [2.05, 4.69) is 32.3 Å². The average Bonchev–Trinajstić information content (AvgIpc) is 2.83. The molecule has 0 radical (unpaired) electrons. The summed E-state index contributed by atoms with van der Waals surface area (Å²) in [4.78, 5) is 3.64. The number of aryl methyl sites for hydroxylation is 1. The van der Waals surface area contributed by atoms with Crippen molar-refractivity contribution in [1.29, 1.82) is 0 Å². The number of halogens is 4. The SMILES string of the molecule is C=CCOc1c(F)c(F)c(N=Cc2cc(C)cc(C(C)c3ccc(C(C)(C)C)cc3)c2O)c(F)c1F. The minimum absolute atomic E-state index is 0.00362. The maximum Gasteiger partial charge on any atom is 0.206 e. The second kappa shape index (κ2) is 10.6. The van der Waals surface area contributed by atoms with Crippen molar-refractivity contribution in [2.75, 3.05) is 6.61 Å². The predicted molar refractivity (Wildman–Crippen MR) is 135 cm³/mol. The number of aliphatic imine (C=N–C) groups is 1. The Balaban J connectivity index is 2.00. The van der Waals surface area contributed by atoms with Crippen molar-refractivity contribution < 1.29 is 27.4 Å². The van der Waals surface area contributed by atoms with Crippen LogP contribution in [-0.2, 0) is 5.41 Å². The molecule has 7 heteroatoms. The van der Waals surface area contributed by atoms with E-state index < -0.39 is 34.7 Å². The normalized spacial score (nSPS) is 12.7. The van der Waals surface area contributed by atoms with Crippen LogP contribution in [0.1, 0.15) is 61.4 Å². The van der Waals surface area contributed by atoms with Crippen LogP contribution in [0.25, 0.3) is 0 Å². The summed E-state index contributed by atoms with van der Waals surface area (Å²) in [6, 6.07) is 11.4. The highest BCUT2D eigenvalue weighted by Gasteiger charge is 2.26. The zero-order valence-electron chi connectivity index (χ0n) is 20.9. The summed E-state index contributed by atoms with van der Waals surface area (Å²) in [5.41, 5.74) is 2.45. The van der Waals surface area contributed by atoms with Crippen LogP contribution in [0, 0.1) is 30.2 Å². The first-order valence-electron chi connectivity index (χ1n) is 11.4. The molecule has 0 saturated heterocycles. The Morgan fingerprint density at radius 3 is 2.11 bits per heavy atom. The lowest BCUT2D eigenvalue weighted by Crippen LogP contribution is -2.11. The minimum atomic E-state index is -1.70. The molecule has 0 aliphatic carbocycles. The number of nitrogens with zero attached hydrogens (tertiary/aromatic N) is 1. The Morgan fingerprint density at radius 2 is 1.58 bits per heavy atom. The first kappa shape index (κ1) is 27.0. The highest BCUT2D eigenvalue weighted by Crippen LogP contribution is 2.37. The first-order chi connectivity index (χ1) is 16.9. The third-order valence-electron chi connectivity index (χ3n) is 5.93. The molecule has 0 bridgehead atoms. The van der Waals surface area contributed by atoms with E-state index >= 15 is 0 Å². The van der Waals surface area contributed by atoms with E-state index in [0.717, 1.165) is 17.3 Å². The van der Waals surface area contributed by atoms with Crippen LogP contribution in [0.3, 0.4) is 0 Å². The highest BCUT2D eigenvalue weighted by atomic mass is 19.2. The fraction of sp³-hybridized carbons (Fsp3) is 0.276. The lowest BCUT2D eigenvalue weighted by Gasteiger charge is -2.21. The Hall–Kier alpha value is -3.61.